The standard InChI is InChI=1S/C9H14FN/c1-4-11-6-5-8(10)9(11)7(2)3/h1,7-9H,5-6H2,2-3H3/t8-,9?/m1/s1. The number of alkyl halides is 1. The van der Waals surface area contributed by atoms with Gasteiger partial charge in [-0.15, -0.1) is 0 Å². The van der Waals surface area contributed by atoms with Crippen LogP contribution in [0.3, 0.4) is 0 Å². The van der Waals surface area contributed by atoms with Gasteiger partial charge in [0.1, 0.15) is 6.17 Å². The van der Waals surface area contributed by atoms with E-state index in [2.05, 4.69) is 6.04 Å². The normalized spacial score (nSPS) is 31.0. The highest BCUT2D eigenvalue weighted by Gasteiger charge is 2.34. The number of halogens is 1. The quantitative estimate of drug-likeness (QED) is 0.520. The Morgan fingerprint density at radius 3 is 2.64 bits per heavy atom. The Labute approximate surface area is 67.6 Å². The fourth-order valence-corrected chi connectivity index (χ4v) is 1.71. The van der Waals surface area contributed by atoms with Gasteiger partial charge in [-0.1, -0.05) is 20.3 Å². The summed E-state index contributed by atoms with van der Waals surface area (Å²) in [5.74, 6) is 0.309. The molecule has 1 nitrogen and oxygen atoms in total. The van der Waals surface area contributed by atoms with Crippen molar-refractivity contribution < 1.29 is 4.39 Å². The maximum absolute atomic E-state index is 13.1. The number of hydrogen-bond donors (Lipinski definition) is 0. The van der Waals surface area contributed by atoms with Crippen molar-refractivity contribution >= 4 is 0 Å². The summed E-state index contributed by atoms with van der Waals surface area (Å²) in [6.45, 7) is 4.72. The molecule has 0 aromatic carbocycles. The lowest BCUT2D eigenvalue weighted by atomic mass is 10.0. The summed E-state index contributed by atoms with van der Waals surface area (Å²) in [5, 5.41) is 0. The summed E-state index contributed by atoms with van der Waals surface area (Å²) in [4.78, 5) is 1.77. The number of hydrogen-bond acceptors (Lipinski definition) is 1. The third kappa shape index (κ3) is 1.48. The number of terminal acetylenes is 1. The van der Waals surface area contributed by atoms with Gasteiger partial charge in [0.05, 0.1) is 6.04 Å². The molecule has 1 rings (SSSR count). The molecule has 1 unspecified atom stereocenters. The number of likely N-dealkylation sites (tertiary alicyclic amines) is 1. The lowest BCUT2D eigenvalue weighted by Crippen LogP contribution is -2.34. The molecular weight excluding hydrogens is 141 g/mol. The largest absolute Gasteiger partial charge is 0.327 e. The van der Waals surface area contributed by atoms with E-state index in [1.54, 1.807) is 4.90 Å². The van der Waals surface area contributed by atoms with Crippen LogP contribution < -0.4 is 0 Å². The Balaban J connectivity index is 2.65. The van der Waals surface area contributed by atoms with Gasteiger partial charge in [-0.05, 0) is 12.3 Å². The van der Waals surface area contributed by atoms with Crippen LogP contribution in [0, 0.1) is 18.4 Å². The molecule has 2 atom stereocenters. The van der Waals surface area contributed by atoms with Gasteiger partial charge in [0.25, 0.3) is 0 Å². The van der Waals surface area contributed by atoms with Crippen molar-refractivity contribution in [3.8, 4) is 12.5 Å². The van der Waals surface area contributed by atoms with E-state index >= 15 is 0 Å². The average Bonchev–Trinajstić information content (AvgIpc) is 2.30. The Morgan fingerprint density at radius 1 is 1.64 bits per heavy atom. The van der Waals surface area contributed by atoms with Crippen molar-refractivity contribution in [3.63, 3.8) is 0 Å². The minimum atomic E-state index is -0.731. The number of rotatable bonds is 1. The SMILES string of the molecule is C#CN1CC[C@@H](F)C1C(C)C. The molecule has 0 aromatic heterocycles. The molecule has 0 aliphatic carbocycles. The second-order valence-electron chi connectivity index (χ2n) is 3.36. The summed E-state index contributed by atoms with van der Waals surface area (Å²) < 4.78 is 13.1. The molecule has 0 radical (unpaired) electrons. The van der Waals surface area contributed by atoms with Crippen LogP contribution in [-0.4, -0.2) is 23.7 Å². The summed E-state index contributed by atoms with van der Waals surface area (Å²) >= 11 is 0. The average molecular weight is 155 g/mol. The highest BCUT2D eigenvalue weighted by molar-refractivity contribution is 4.99. The first-order valence-electron chi connectivity index (χ1n) is 4.03. The van der Waals surface area contributed by atoms with Crippen LogP contribution in [0.15, 0.2) is 0 Å². The Hall–Kier alpha value is -0.710. The van der Waals surface area contributed by atoms with E-state index in [1.807, 2.05) is 13.8 Å². The topological polar surface area (TPSA) is 3.24 Å². The van der Waals surface area contributed by atoms with Gasteiger partial charge in [-0.25, -0.2) is 4.39 Å². The summed E-state index contributed by atoms with van der Waals surface area (Å²) in [6.07, 6.45) is 5.09. The van der Waals surface area contributed by atoms with E-state index in [-0.39, 0.29) is 6.04 Å². The number of nitrogens with zero attached hydrogens (tertiary/aromatic N) is 1. The van der Waals surface area contributed by atoms with Crippen LogP contribution in [-0.2, 0) is 0 Å². The lowest BCUT2D eigenvalue weighted by molar-refractivity contribution is 0.198. The van der Waals surface area contributed by atoms with E-state index in [4.69, 9.17) is 6.42 Å². The monoisotopic (exact) mass is 155 g/mol. The molecule has 0 saturated carbocycles. The first-order chi connectivity index (χ1) is 5.16. The molecule has 0 amide bonds. The molecule has 0 N–H and O–H groups in total. The summed E-state index contributed by atoms with van der Waals surface area (Å²) in [6, 6.07) is 2.46. The smallest absolute Gasteiger partial charge is 0.123 e. The molecule has 11 heavy (non-hydrogen) atoms. The first kappa shape index (κ1) is 8.39. The van der Waals surface area contributed by atoms with Gasteiger partial charge < -0.3 is 4.90 Å². The Morgan fingerprint density at radius 2 is 2.27 bits per heavy atom. The highest BCUT2D eigenvalue weighted by atomic mass is 19.1. The fourth-order valence-electron chi connectivity index (χ4n) is 1.71. The zero-order chi connectivity index (χ0) is 8.43. The van der Waals surface area contributed by atoms with E-state index in [1.165, 1.54) is 0 Å². The molecule has 0 bridgehead atoms. The van der Waals surface area contributed by atoms with Crippen molar-refractivity contribution in [2.45, 2.75) is 32.5 Å². The predicted octanol–water partition coefficient (Wildman–Crippen LogP) is 1.65. The third-order valence-electron chi connectivity index (χ3n) is 2.23. The van der Waals surface area contributed by atoms with Crippen LogP contribution in [0.1, 0.15) is 20.3 Å². The molecular formula is C9H14FN. The van der Waals surface area contributed by atoms with Crippen LogP contribution in [0.2, 0.25) is 0 Å². The van der Waals surface area contributed by atoms with Crippen LogP contribution in [0.4, 0.5) is 4.39 Å². The second kappa shape index (κ2) is 3.13. The van der Waals surface area contributed by atoms with Crippen molar-refractivity contribution in [2.24, 2.45) is 5.92 Å². The summed E-state index contributed by atoms with van der Waals surface area (Å²) in [7, 11) is 0. The van der Waals surface area contributed by atoms with Crippen molar-refractivity contribution in [3.05, 3.63) is 0 Å². The molecule has 1 aliphatic heterocycles. The van der Waals surface area contributed by atoms with Crippen LogP contribution >= 0.6 is 0 Å². The van der Waals surface area contributed by atoms with Gasteiger partial charge in [0, 0.05) is 12.6 Å². The minimum absolute atomic E-state index is 0.0556. The molecule has 1 heterocycles. The summed E-state index contributed by atoms with van der Waals surface area (Å²) in [5.41, 5.74) is 0. The maximum Gasteiger partial charge on any atom is 0.123 e. The van der Waals surface area contributed by atoms with Crippen LogP contribution in [0.5, 0.6) is 0 Å². The van der Waals surface area contributed by atoms with E-state index in [0.29, 0.717) is 18.9 Å². The van der Waals surface area contributed by atoms with E-state index < -0.39 is 6.17 Å². The van der Waals surface area contributed by atoms with Gasteiger partial charge in [-0.3, -0.25) is 0 Å². The zero-order valence-electron chi connectivity index (χ0n) is 7.05. The van der Waals surface area contributed by atoms with Gasteiger partial charge >= 0.3 is 0 Å². The van der Waals surface area contributed by atoms with Crippen molar-refractivity contribution in [1.82, 2.24) is 4.90 Å². The molecule has 2 heteroatoms. The zero-order valence-corrected chi connectivity index (χ0v) is 7.05. The van der Waals surface area contributed by atoms with Gasteiger partial charge in [-0.2, -0.15) is 0 Å². The van der Waals surface area contributed by atoms with Crippen molar-refractivity contribution in [2.75, 3.05) is 6.54 Å². The Kier molecular flexibility index (Phi) is 2.38. The molecule has 1 saturated heterocycles. The molecule has 62 valence electrons. The van der Waals surface area contributed by atoms with Gasteiger partial charge in [0.15, 0.2) is 0 Å². The predicted molar refractivity (Wildman–Crippen MR) is 43.7 cm³/mol. The maximum atomic E-state index is 13.1. The molecule has 1 fully saturated rings. The van der Waals surface area contributed by atoms with Crippen molar-refractivity contribution in [1.29, 1.82) is 0 Å². The lowest BCUT2D eigenvalue weighted by Gasteiger charge is -2.24. The van der Waals surface area contributed by atoms with E-state index in [0.717, 1.165) is 0 Å². The fraction of sp³-hybridized carbons (Fsp3) is 0.778. The highest BCUT2D eigenvalue weighted by Crippen LogP contribution is 2.25. The van der Waals surface area contributed by atoms with Gasteiger partial charge in [0.2, 0.25) is 0 Å². The minimum Gasteiger partial charge on any atom is -0.327 e. The first-order valence-corrected chi connectivity index (χ1v) is 4.03. The third-order valence-corrected chi connectivity index (χ3v) is 2.23. The van der Waals surface area contributed by atoms with Crippen LogP contribution in [0.25, 0.3) is 0 Å². The molecule has 0 spiro atoms. The molecule has 0 aromatic rings. The molecule has 1 aliphatic rings. The second-order valence-corrected chi connectivity index (χ2v) is 3.36. The Bertz CT molecular complexity index is 171. The van der Waals surface area contributed by atoms with E-state index in [9.17, 15) is 4.39 Å².